The zero-order valence-electron chi connectivity index (χ0n) is 13.1. The summed E-state index contributed by atoms with van der Waals surface area (Å²) in [6.45, 7) is 3.34. The zero-order valence-corrected chi connectivity index (χ0v) is 13.1. The minimum Gasteiger partial charge on any atom is -0.469 e. The molecule has 0 N–H and O–H groups in total. The third kappa shape index (κ3) is 2.98. The highest BCUT2D eigenvalue weighted by atomic mass is 16.5. The van der Waals surface area contributed by atoms with Gasteiger partial charge in [-0.25, -0.2) is 9.67 Å². The molecule has 2 heterocycles. The van der Waals surface area contributed by atoms with E-state index in [2.05, 4.69) is 14.8 Å². The number of hydrogen-bond acceptors (Lipinski definition) is 5. The largest absolute Gasteiger partial charge is 0.469 e. The Morgan fingerprint density at radius 3 is 2.73 bits per heavy atom. The number of carbonyl (C=O) groups excluding carboxylic acids is 2. The van der Waals surface area contributed by atoms with E-state index >= 15 is 0 Å². The lowest BCUT2D eigenvalue weighted by Gasteiger charge is -2.33. The molecule has 2 aliphatic rings. The molecule has 1 aromatic rings. The smallest absolute Gasteiger partial charge is 0.305 e. The summed E-state index contributed by atoms with van der Waals surface area (Å²) < 4.78 is 6.53. The number of aromatic nitrogens is 3. The standard InChI is InChI=1S/C15H22N4O3/c1-10-15-16-14(11-6-7-11)17-19(15)9-8-18(10)12(20)4-3-5-13(21)22-2/h10-11H,3-9H2,1-2H3/t10-/m1/s1. The summed E-state index contributed by atoms with van der Waals surface area (Å²) in [7, 11) is 1.36. The minimum atomic E-state index is -0.270. The van der Waals surface area contributed by atoms with Crippen LogP contribution in [0.15, 0.2) is 0 Å². The van der Waals surface area contributed by atoms with Crippen molar-refractivity contribution in [3.8, 4) is 0 Å². The van der Waals surface area contributed by atoms with Crippen LogP contribution >= 0.6 is 0 Å². The normalized spacial score (nSPS) is 20.6. The molecule has 120 valence electrons. The Hall–Kier alpha value is -1.92. The van der Waals surface area contributed by atoms with Crippen LogP contribution in [0, 0.1) is 0 Å². The van der Waals surface area contributed by atoms with Crippen molar-refractivity contribution >= 4 is 11.9 Å². The molecule has 22 heavy (non-hydrogen) atoms. The van der Waals surface area contributed by atoms with Gasteiger partial charge in [-0.1, -0.05) is 0 Å². The van der Waals surface area contributed by atoms with Crippen molar-refractivity contribution in [1.29, 1.82) is 0 Å². The molecule has 0 radical (unpaired) electrons. The first-order valence-corrected chi connectivity index (χ1v) is 7.91. The van der Waals surface area contributed by atoms with E-state index in [-0.39, 0.29) is 24.3 Å². The molecule has 1 atom stereocenters. The lowest BCUT2D eigenvalue weighted by atomic mass is 10.1. The third-order valence-electron chi connectivity index (χ3n) is 4.37. The number of hydrogen-bond donors (Lipinski definition) is 0. The molecule has 1 fully saturated rings. The predicted octanol–water partition coefficient (Wildman–Crippen LogP) is 1.40. The fraction of sp³-hybridized carbons (Fsp3) is 0.733. The molecular formula is C15H22N4O3. The molecule has 7 nitrogen and oxygen atoms in total. The van der Waals surface area contributed by atoms with E-state index < -0.39 is 0 Å². The quantitative estimate of drug-likeness (QED) is 0.769. The summed E-state index contributed by atoms with van der Waals surface area (Å²) in [6.07, 6.45) is 3.52. The van der Waals surface area contributed by atoms with Crippen molar-refractivity contribution < 1.29 is 14.3 Å². The lowest BCUT2D eigenvalue weighted by molar-refractivity contribution is -0.141. The molecule has 1 amide bonds. The topological polar surface area (TPSA) is 77.3 Å². The minimum absolute atomic E-state index is 0.0561. The summed E-state index contributed by atoms with van der Waals surface area (Å²) in [5.74, 6) is 2.14. The summed E-state index contributed by atoms with van der Waals surface area (Å²) >= 11 is 0. The van der Waals surface area contributed by atoms with Gasteiger partial charge in [0.2, 0.25) is 5.91 Å². The fourth-order valence-corrected chi connectivity index (χ4v) is 2.87. The van der Waals surface area contributed by atoms with Crippen LogP contribution in [0.5, 0.6) is 0 Å². The van der Waals surface area contributed by atoms with Crippen LogP contribution in [-0.4, -0.2) is 45.2 Å². The first-order chi connectivity index (χ1) is 10.6. The van der Waals surface area contributed by atoms with Gasteiger partial charge in [-0.2, -0.15) is 5.10 Å². The van der Waals surface area contributed by atoms with Gasteiger partial charge in [-0.15, -0.1) is 0 Å². The van der Waals surface area contributed by atoms with Crippen LogP contribution < -0.4 is 0 Å². The van der Waals surface area contributed by atoms with Crippen LogP contribution in [-0.2, 0) is 20.9 Å². The fourth-order valence-electron chi connectivity index (χ4n) is 2.87. The molecule has 0 unspecified atom stereocenters. The average Bonchev–Trinajstić information content (AvgIpc) is 3.26. The molecule has 7 heteroatoms. The van der Waals surface area contributed by atoms with E-state index in [1.54, 1.807) is 0 Å². The molecule has 0 bridgehead atoms. The molecular weight excluding hydrogens is 284 g/mol. The highest BCUT2D eigenvalue weighted by Gasteiger charge is 2.34. The molecule has 1 saturated carbocycles. The summed E-state index contributed by atoms with van der Waals surface area (Å²) in [5, 5.41) is 4.56. The van der Waals surface area contributed by atoms with Gasteiger partial charge in [0.05, 0.1) is 19.7 Å². The first kappa shape index (κ1) is 15.0. The Kier molecular flexibility index (Phi) is 4.13. The number of amides is 1. The summed E-state index contributed by atoms with van der Waals surface area (Å²) in [4.78, 5) is 29.9. The number of rotatable bonds is 5. The third-order valence-corrected chi connectivity index (χ3v) is 4.37. The Balaban J connectivity index is 1.60. The SMILES string of the molecule is COC(=O)CCCC(=O)N1CCn2nc(C3CC3)nc2[C@H]1C. The lowest BCUT2D eigenvalue weighted by Crippen LogP contribution is -2.41. The van der Waals surface area contributed by atoms with Gasteiger partial charge in [0.25, 0.3) is 0 Å². The van der Waals surface area contributed by atoms with Crippen LogP contribution in [0.1, 0.15) is 62.6 Å². The number of fused-ring (bicyclic) bond motifs is 1. The molecule has 3 rings (SSSR count). The second kappa shape index (κ2) is 6.06. The van der Waals surface area contributed by atoms with E-state index in [0.717, 1.165) is 11.6 Å². The van der Waals surface area contributed by atoms with Gasteiger partial charge < -0.3 is 9.64 Å². The summed E-state index contributed by atoms with van der Waals surface area (Å²) in [5.41, 5.74) is 0. The second-order valence-corrected chi connectivity index (χ2v) is 6.02. The number of nitrogens with zero attached hydrogens (tertiary/aromatic N) is 4. The Labute approximate surface area is 129 Å². The molecule has 1 aliphatic heterocycles. The number of carbonyl (C=O) groups is 2. The summed E-state index contributed by atoms with van der Waals surface area (Å²) in [6, 6.07) is -0.0561. The Morgan fingerprint density at radius 2 is 2.05 bits per heavy atom. The van der Waals surface area contributed by atoms with Gasteiger partial charge in [-0.3, -0.25) is 9.59 Å². The monoisotopic (exact) mass is 306 g/mol. The molecule has 0 spiro atoms. The van der Waals surface area contributed by atoms with E-state index in [1.165, 1.54) is 20.0 Å². The van der Waals surface area contributed by atoms with Gasteiger partial charge in [0, 0.05) is 25.3 Å². The van der Waals surface area contributed by atoms with Crippen molar-refractivity contribution in [2.75, 3.05) is 13.7 Å². The van der Waals surface area contributed by atoms with Crippen molar-refractivity contribution in [3.63, 3.8) is 0 Å². The number of esters is 1. The van der Waals surface area contributed by atoms with Crippen LogP contribution in [0.25, 0.3) is 0 Å². The van der Waals surface area contributed by atoms with Gasteiger partial charge in [0.15, 0.2) is 5.82 Å². The molecule has 1 aliphatic carbocycles. The maximum absolute atomic E-state index is 12.4. The maximum Gasteiger partial charge on any atom is 0.305 e. The van der Waals surface area contributed by atoms with E-state index in [0.29, 0.717) is 31.8 Å². The van der Waals surface area contributed by atoms with E-state index in [4.69, 9.17) is 0 Å². The van der Waals surface area contributed by atoms with Crippen LogP contribution in [0.3, 0.4) is 0 Å². The molecule has 1 aromatic heterocycles. The first-order valence-electron chi connectivity index (χ1n) is 7.91. The number of methoxy groups -OCH3 is 1. The molecule has 0 aromatic carbocycles. The van der Waals surface area contributed by atoms with E-state index in [9.17, 15) is 9.59 Å². The van der Waals surface area contributed by atoms with Crippen molar-refractivity contribution in [3.05, 3.63) is 11.6 Å². The van der Waals surface area contributed by atoms with E-state index in [1.807, 2.05) is 16.5 Å². The molecule has 0 saturated heterocycles. The van der Waals surface area contributed by atoms with Gasteiger partial charge in [-0.05, 0) is 26.2 Å². The Morgan fingerprint density at radius 1 is 1.27 bits per heavy atom. The highest BCUT2D eigenvalue weighted by molar-refractivity contribution is 5.77. The van der Waals surface area contributed by atoms with Crippen LogP contribution in [0.4, 0.5) is 0 Å². The van der Waals surface area contributed by atoms with Gasteiger partial charge in [0.1, 0.15) is 5.82 Å². The maximum atomic E-state index is 12.4. The average molecular weight is 306 g/mol. The van der Waals surface area contributed by atoms with Crippen molar-refractivity contribution in [2.24, 2.45) is 0 Å². The second-order valence-electron chi connectivity index (χ2n) is 6.02. The van der Waals surface area contributed by atoms with Gasteiger partial charge >= 0.3 is 5.97 Å². The predicted molar refractivity (Wildman–Crippen MR) is 78.0 cm³/mol. The zero-order chi connectivity index (χ0) is 15.7. The Bertz CT molecular complexity index is 579. The number of ether oxygens (including phenoxy) is 1. The van der Waals surface area contributed by atoms with Crippen LogP contribution in [0.2, 0.25) is 0 Å². The van der Waals surface area contributed by atoms with Crippen molar-refractivity contribution in [2.45, 2.75) is 57.5 Å². The highest BCUT2D eigenvalue weighted by Crippen LogP contribution is 2.39. The van der Waals surface area contributed by atoms with Crippen molar-refractivity contribution in [1.82, 2.24) is 19.7 Å².